The van der Waals surface area contributed by atoms with Gasteiger partial charge in [0.05, 0.1) is 69.9 Å². The van der Waals surface area contributed by atoms with Crippen LogP contribution in [0.25, 0.3) is 110 Å². The van der Waals surface area contributed by atoms with Gasteiger partial charge in [-0.05, 0) is 83.3 Å². The number of methoxy groups -OCH3 is 2. The number of aryl methyl sites for hydroxylation is 4. The number of carboxylic acid groups (broad SMARTS) is 1. The van der Waals surface area contributed by atoms with E-state index < -0.39 is 5.97 Å². The van der Waals surface area contributed by atoms with Crippen LogP contribution in [0.2, 0.25) is 0 Å². The van der Waals surface area contributed by atoms with Gasteiger partial charge in [0.2, 0.25) is 11.6 Å². The number of carbonyl (C=O) groups excluding carboxylic acids is 1. The van der Waals surface area contributed by atoms with Crippen LogP contribution >= 0.6 is 0 Å². The molecule has 1 amide bonds. The number of fused-ring (bicyclic) bond motifs is 8. The van der Waals surface area contributed by atoms with Crippen molar-refractivity contribution in [1.29, 1.82) is 0 Å². The number of aromatic carboxylic acids is 1. The molecule has 12 rings (SSSR count). The van der Waals surface area contributed by atoms with Crippen molar-refractivity contribution in [1.82, 2.24) is 55.5 Å². The molecule has 0 saturated carbocycles. The number of carboxylic acids is 1. The minimum atomic E-state index is -1.21. The Bertz CT molecular complexity index is 4110. The van der Waals surface area contributed by atoms with E-state index in [1.54, 1.807) is 33.7 Å². The number of H-pyrrole nitrogens is 2. The maximum absolute atomic E-state index is 12.6. The Morgan fingerprint density at radius 1 is 0.589 bits per heavy atom. The number of aromatic amines is 2. The van der Waals surface area contributed by atoms with Gasteiger partial charge in [0.1, 0.15) is 34.3 Å². The van der Waals surface area contributed by atoms with Crippen LogP contribution in [0, 0.1) is 27.7 Å². The Morgan fingerprint density at radius 2 is 1.03 bits per heavy atom. The monoisotopic (exact) mass is 974 g/mol. The largest absolute Gasteiger partial charge is 0.496 e. The van der Waals surface area contributed by atoms with Gasteiger partial charge in [0.25, 0.3) is 5.91 Å². The molecule has 0 fully saturated rings. The van der Waals surface area contributed by atoms with Crippen LogP contribution in [0.15, 0.2) is 106 Å². The first kappa shape index (κ1) is 47.1. The smallest absolute Gasteiger partial charge is 0.374 e. The molecule has 73 heavy (non-hydrogen) atoms. The lowest BCUT2D eigenvalue weighted by atomic mass is 9.99. The average molecular weight is 975 g/mol. The average Bonchev–Trinajstić information content (AvgIpc) is 4.17. The molecule has 0 aliphatic rings. The molecular weight excluding hydrogens is 929 g/mol. The third-order valence-corrected chi connectivity index (χ3v) is 12.6. The molecule has 0 unspecified atom stereocenters. The maximum Gasteiger partial charge on any atom is 0.374 e. The Balaban J connectivity index is 0.000000162. The molecule has 0 spiro atoms. The van der Waals surface area contributed by atoms with E-state index in [1.165, 1.54) is 7.05 Å². The molecule has 364 valence electrons. The number of amides is 1. The highest BCUT2D eigenvalue weighted by atomic mass is 16.5. The molecule has 0 atom stereocenters. The third-order valence-electron chi connectivity index (χ3n) is 12.6. The van der Waals surface area contributed by atoms with Crippen molar-refractivity contribution < 1.29 is 33.2 Å². The molecule has 6 N–H and O–H groups in total. The highest BCUT2D eigenvalue weighted by molar-refractivity contribution is 6.18. The summed E-state index contributed by atoms with van der Waals surface area (Å²) in [6.45, 7) is 7.49. The first-order valence-corrected chi connectivity index (χ1v) is 22.9. The van der Waals surface area contributed by atoms with E-state index in [0.717, 1.165) is 93.8 Å². The first-order valence-electron chi connectivity index (χ1n) is 22.9. The van der Waals surface area contributed by atoms with Gasteiger partial charge in [-0.1, -0.05) is 46.7 Å². The van der Waals surface area contributed by atoms with Gasteiger partial charge in [-0.25, -0.2) is 24.7 Å². The molecule has 8 aromatic heterocycles. The quantitative estimate of drug-likeness (QED) is 0.0947. The molecular formula is C54H46N12O7. The molecule has 0 aliphatic carbocycles. The second-order valence-corrected chi connectivity index (χ2v) is 16.7. The number of rotatable bonds is 8. The second kappa shape index (κ2) is 18.9. The van der Waals surface area contributed by atoms with Gasteiger partial charge in [-0.3, -0.25) is 14.8 Å². The van der Waals surface area contributed by atoms with Crippen molar-refractivity contribution in [3.63, 3.8) is 0 Å². The Hall–Kier alpha value is -9.62. The number of para-hydroxylation sites is 2. The summed E-state index contributed by atoms with van der Waals surface area (Å²) in [6.07, 6.45) is 3.44. The number of ether oxygens (including phenoxy) is 2. The number of carbonyl (C=O) groups is 2. The van der Waals surface area contributed by atoms with Crippen molar-refractivity contribution in [2.75, 3.05) is 28.3 Å². The van der Waals surface area contributed by atoms with Gasteiger partial charge >= 0.3 is 5.97 Å². The van der Waals surface area contributed by atoms with Crippen LogP contribution in [-0.4, -0.2) is 95.5 Å². The summed E-state index contributed by atoms with van der Waals surface area (Å²) in [5, 5.41) is 25.5. The maximum atomic E-state index is 12.6. The topological polar surface area (TPSA) is 272 Å². The zero-order valence-corrected chi connectivity index (χ0v) is 40.8. The van der Waals surface area contributed by atoms with E-state index >= 15 is 0 Å². The lowest BCUT2D eigenvalue weighted by Gasteiger charge is -2.11. The van der Waals surface area contributed by atoms with Gasteiger partial charge in [0, 0.05) is 74.3 Å². The minimum Gasteiger partial charge on any atom is -0.496 e. The van der Waals surface area contributed by atoms with Crippen LogP contribution in [0.4, 0.5) is 0 Å². The van der Waals surface area contributed by atoms with E-state index in [9.17, 15) is 14.7 Å². The predicted molar refractivity (Wildman–Crippen MR) is 278 cm³/mol. The normalized spacial score (nSPS) is 11.2. The summed E-state index contributed by atoms with van der Waals surface area (Å²) in [4.78, 5) is 58.2. The zero-order chi connectivity index (χ0) is 51.2. The number of nitrogens with one attached hydrogen (secondary N) is 3. The van der Waals surface area contributed by atoms with Gasteiger partial charge in [-0.2, -0.15) is 0 Å². The van der Waals surface area contributed by atoms with E-state index in [1.807, 2.05) is 113 Å². The number of pyridine rings is 2. The summed E-state index contributed by atoms with van der Waals surface area (Å²) in [7, 11) is 6.30. The zero-order valence-electron chi connectivity index (χ0n) is 40.8. The number of aromatic nitrogens is 10. The summed E-state index contributed by atoms with van der Waals surface area (Å²) in [5.74, 6) is 0.867. The molecule has 19 heteroatoms. The summed E-state index contributed by atoms with van der Waals surface area (Å²) < 4.78 is 22.3. The van der Waals surface area contributed by atoms with Crippen LogP contribution in [0.3, 0.4) is 0 Å². The number of benzene rings is 4. The summed E-state index contributed by atoms with van der Waals surface area (Å²) in [5.41, 5.74) is 16.3. The van der Waals surface area contributed by atoms with Gasteiger partial charge in [0.15, 0.2) is 0 Å². The van der Waals surface area contributed by atoms with Crippen molar-refractivity contribution in [3.8, 4) is 56.3 Å². The molecule has 19 nitrogen and oxygen atoms in total. The highest BCUT2D eigenvalue weighted by Gasteiger charge is 2.26. The lowest BCUT2D eigenvalue weighted by molar-refractivity contribution is 0.0683. The lowest BCUT2D eigenvalue weighted by Crippen LogP contribution is -2.21. The molecule has 0 bridgehead atoms. The van der Waals surface area contributed by atoms with Crippen molar-refractivity contribution in [3.05, 3.63) is 132 Å². The van der Waals surface area contributed by atoms with Crippen LogP contribution < -0.4 is 20.5 Å². The molecule has 0 aliphatic heterocycles. The second-order valence-electron chi connectivity index (χ2n) is 16.7. The number of nitrogens with zero attached hydrogens (tertiary/aromatic N) is 8. The Morgan fingerprint density at radius 3 is 1.44 bits per heavy atom. The molecule has 8 heterocycles. The van der Waals surface area contributed by atoms with Crippen molar-refractivity contribution in [2.45, 2.75) is 27.7 Å². The molecule has 0 saturated heterocycles. The van der Waals surface area contributed by atoms with Crippen LogP contribution in [0.5, 0.6) is 11.5 Å². The predicted octanol–water partition coefficient (Wildman–Crippen LogP) is 9.85. The van der Waals surface area contributed by atoms with E-state index in [4.69, 9.17) is 23.5 Å². The summed E-state index contributed by atoms with van der Waals surface area (Å²) >= 11 is 0. The Kier molecular flexibility index (Phi) is 12.2. The number of hydrogen-bond acceptors (Lipinski definition) is 15. The van der Waals surface area contributed by atoms with Crippen molar-refractivity contribution in [2.24, 2.45) is 5.73 Å². The fourth-order valence-electron chi connectivity index (χ4n) is 9.41. The Labute approximate surface area is 414 Å². The summed E-state index contributed by atoms with van der Waals surface area (Å²) in [6, 6.07) is 27.1. The number of hydrogen-bond donors (Lipinski definition) is 5. The molecule has 0 radical (unpaired) electrons. The van der Waals surface area contributed by atoms with E-state index in [0.29, 0.717) is 51.1 Å². The fourth-order valence-corrected chi connectivity index (χ4v) is 9.41. The molecule has 4 aromatic carbocycles. The van der Waals surface area contributed by atoms with Gasteiger partial charge < -0.3 is 44.6 Å². The minimum absolute atomic E-state index is 0.0744. The molecule has 12 aromatic rings. The first-order chi connectivity index (χ1) is 35.5. The van der Waals surface area contributed by atoms with Crippen LogP contribution in [-0.2, 0) is 0 Å². The fraction of sp³-hybridized carbons (Fsp3) is 0.148. The standard InChI is InChI=1S/C27H22N6O3.C26H19N5O4.CH5N/c1-13-22(14(2)36-33-13)18-11-20-17(12-21(18)35-4)23-24(31-26(27(34)28-3)32-25(23)30-20)16-9-10-29-19-8-6-5-7-15(16)19;1-12-21(13(2)35-31-12)17-10-19-16(11-20(17)34-3)22-23(29-25(26(32)33)30-24(22)28-19)15-8-9-27-18-7-5-4-6-14(15)18;1-2/h5-12H,1-4H3,(H,28,34)(H,30,31,32);4-11H,1-3H3,(H,32,33)(H,28,29,30);2H2,1H3. The van der Waals surface area contributed by atoms with Gasteiger partial charge in [-0.15, -0.1) is 0 Å². The number of nitrogens with two attached hydrogens (primary N) is 1. The van der Waals surface area contributed by atoms with E-state index in [-0.39, 0.29) is 17.6 Å². The third kappa shape index (κ3) is 8.02. The van der Waals surface area contributed by atoms with Crippen molar-refractivity contribution >= 4 is 77.6 Å². The highest BCUT2D eigenvalue weighted by Crippen LogP contribution is 2.44. The van der Waals surface area contributed by atoms with E-state index in [2.05, 4.69) is 56.3 Å². The van der Waals surface area contributed by atoms with Crippen LogP contribution in [0.1, 0.15) is 44.1 Å². The SMILES string of the molecule is CN.CNC(=O)c1nc(-c2ccnc3ccccc23)c2c(n1)[nH]c1cc(-c3c(C)noc3C)c(OC)cc12.COc1cc2c(cc1-c1c(C)noc1C)[nH]c1nc(C(=O)O)nc(-c3ccnc4ccccc34)c12.